The Balaban J connectivity index is 2.61. The van der Waals surface area contributed by atoms with Crippen molar-refractivity contribution in [1.29, 1.82) is 0 Å². The van der Waals surface area contributed by atoms with E-state index in [4.69, 9.17) is 4.74 Å². The summed E-state index contributed by atoms with van der Waals surface area (Å²) in [7, 11) is 0. The van der Waals surface area contributed by atoms with Crippen molar-refractivity contribution in [2.75, 3.05) is 13.1 Å². The van der Waals surface area contributed by atoms with Gasteiger partial charge in [-0.15, -0.1) is 0 Å². The number of nitrogens with one attached hydrogen (secondary N) is 1. The van der Waals surface area contributed by atoms with Crippen LogP contribution in [0.15, 0.2) is 0 Å². The summed E-state index contributed by atoms with van der Waals surface area (Å²) in [5, 5.41) is 14.1. The van der Waals surface area contributed by atoms with Gasteiger partial charge in [0.2, 0.25) is 0 Å². The van der Waals surface area contributed by atoms with Crippen LogP contribution in [-0.4, -0.2) is 35.0 Å². The van der Waals surface area contributed by atoms with Gasteiger partial charge in [-0.25, -0.2) is 0 Å². The first-order valence-electron chi connectivity index (χ1n) is 7.24. The maximum Gasteiger partial charge on any atom is 0.0690 e. The second kappa shape index (κ2) is 5.48. The molecule has 1 aliphatic heterocycles. The van der Waals surface area contributed by atoms with Crippen LogP contribution in [-0.2, 0) is 4.74 Å². The summed E-state index contributed by atoms with van der Waals surface area (Å²) in [6, 6.07) is 0. The molecular formula is C15H31NO2. The Bertz CT molecular complexity index is 272. The molecule has 1 rings (SSSR count). The third-order valence-corrected chi connectivity index (χ3v) is 4.06. The van der Waals surface area contributed by atoms with E-state index in [1.165, 1.54) is 0 Å². The Morgan fingerprint density at radius 1 is 1.28 bits per heavy atom. The van der Waals surface area contributed by atoms with Gasteiger partial charge in [-0.3, -0.25) is 0 Å². The first-order chi connectivity index (χ1) is 8.11. The molecule has 0 aliphatic carbocycles. The van der Waals surface area contributed by atoms with Crippen LogP contribution < -0.4 is 5.32 Å². The zero-order chi connectivity index (χ0) is 14.0. The molecule has 0 bridgehead atoms. The molecule has 0 amide bonds. The third-order valence-electron chi connectivity index (χ3n) is 4.06. The van der Waals surface area contributed by atoms with E-state index in [9.17, 15) is 5.11 Å². The van der Waals surface area contributed by atoms with Crippen molar-refractivity contribution in [3.05, 3.63) is 0 Å². The van der Waals surface area contributed by atoms with Crippen molar-refractivity contribution < 1.29 is 9.84 Å². The smallest absolute Gasteiger partial charge is 0.0690 e. The number of hydrogen-bond acceptors (Lipinski definition) is 3. The van der Waals surface area contributed by atoms with E-state index in [0.29, 0.717) is 0 Å². The molecule has 2 N–H and O–H groups in total. The number of aliphatic hydroxyl groups is 1. The summed E-state index contributed by atoms with van der Waals surface area (Å²) in [6.07, 6.45) is 2.83. The molecule has 18 heavy (non-hydrogen) atoms. The molecule has 1 heterocycles. The van der Waals surface area contributed by atoms with Crippen LogP contribution in [0.2, 0.25) is 0 Å². The average Bonchev–Trinajstić information content (AvgIpc) is 2.42. The SMILES string of the molecule is CCCNCCC(C)(O)C1CC(C)(C)OC1(C)C. The van der Waals surface area contributed by atoms with E-state index < -0.39 is 5.60 Å². The van der Waals surface area contributed by atoms with Crippen molar-refractivity contribution in [3.63, 3.8) is 0 Å². The lowest BCUT2D eigenvalue weighted by Gasteiger charge is -2.37. The molecule has 0 aromatic rings. The Hall–Kier alpha value is -0.120. The van der Waals surface area contributed by atoms with Crippen molar-refractivity contribution >= 4 is 0 Å². The fourth-order valence-corrected chi connectivity index (χ4v) is 3.35. The molecule has 1 aliphatic rings. The maximum absolute atomic E-state index is 10.8. The van der Waals surface area contributed by atoms with Crippen LogP contribution in [0, 0.1) is 5.92 Å². The minimum absolute atomic E-state index is 0.130. The summed E-state index contributed by atoms with van der Waals surface area (Å²) in [5.41, 5.74) is -1.05. The first-order valence-corrected chi connectivity index (χ1v) is 7.24. The monoisotopic (exact) mass is 257 g/mol. The predicted molar refractivity (Wildman–Crippen MR) is 75.8 cm³/mol. The minimum Gasteiger partial charge on any atom is -0.390 e. The minimum atomic E-state index is -0.669. The molecule has 1 saturated heterocycles. The highest BCUT2D eigenvalue weighted by Crippen LogP contribution is 2.47. The standard InChI is InChI=1S/C15H31NO2/c1-7-9-16-10-8-15(6,17)12-11-13(2,3)18-14(12,4)5/h12,16-17H,7-11H2,1-6H3. The molecule has 3 nitrogen and oxygen atoms in total. The van der Waals surface area contributed by atoms with E-state index in [1.807, 2.05) is 6.92 Å². The molecule has 0 aromatic heterocycles. The van der Waals surface area contributed by atoms with Crippen LogP contribution in [0.3, 0.4) is 0 Å². The number of ether oxygens (including phenoxy) is 1. The highest BCUT2D eigenvalue weighted by atomic mass is 16.5. The van der Waals surface area contributed by atoms with Gasteiger partial charge in [0.1, 0.15) is 0 Å². The highest BCUT2D eigenvalue weighted by molar-refractivity contribution is 5.02. The number of rotatable bonds is 6. The molecule has 2 atom stereocenters. The van der Waals surface area contributed by atoms with Gasteiger partial charge in [-0.1, -0.05) is 6.92 Å². The van der Waals surface area contributed by atoms with Crippen molar-refractivity contribution in [1.82, 2.24) is 5.32 Å². The molecule has 0 spiro atoms. The van der Waals surface area contributed by atoms with Crippen LogP contribution in [0.25, 0.3) is 0 Å². The summed E-state index contributed by atoms with van der Waals surface area (Å²) in [6.45, 7) is 14.4. The molecular weight excluding hydrogens is 226 g/mol. The molecule has 2 unspecified atom stereocenters. The average molecular weight is 257 g/mol. The van der Waals surface area contributed by atoms with Gasteiger partial charge in [0, 0.05) is 5.92 Å². The van der Waals surface area contributed by atoms with Gasteiger partial charge in [-0.2, -0.15) is 0 Å². The fraction of sp³-hybridized carbons (Fsp3) is 1.00. The summed E-state index contributed by atoms with van der Waals surface area (Å²) < 4.78 is 6.08. The van der Waals surface area contributed by atoms with Crippen LogP contribution in [0.5, 0.6) is 0 Å². The van der Waals surface area contributed by atoms with E-state index in [0.717, 1.165) is 32.4 Å². The summed E-state index contributed by atoms with van der Waals surface area (Å²) >= 11 is 0. The summed E-state index contributed by atoms with van der Waals surface area (Å²) in [4.78, 5) is 0. The Labute approximate surface area is 112 Å². The van der Waals surface area contributed by atoms with E-state index in [2.05, 4.69) is 39.9 Å². The maximum atomic E-state index is 10.8. The quantitative estimate of drug-likeness (QED) is 0.719. The van der Waals surface area contributed by atoms with Crippen LogP contribution in [0.4, 0.5) is 0 Å². The topological polar surface area (TPSA) is 41.5 Å². The van der Waals surface area contributed by atoms with Gasteiger partial charge in [0.15, 0.2) is 0 Å². The van der Waals surface area contributed by atoms with Crippen LogP contribution >= 0.6 is 0 Å². The molecule has 108 valence electrons. The van der Waals surface area contributed by atoms with Gasteiger partial charge in [0.25, 0.3) is 0 Å². The third kappa shape index (κ3) is 3.94. The van der Waals surface area contributed by atoms with Crippen molar-refractivity contribution in [2.24, 2.45) is 5.92 Å². The Kier molecular flexibility index (Phi) is 4.85. The van der Waals surface area contributed by atoms with Crippen molar-refractivity contribution in [2.45, 2.75) is 77.6 Å². The molecule has 1 fully saturated rings. The van der Waals surface area contributed by atoms with Gasteiger partial charge >= 0.3 is 0 Å². The first kappa shape index (κ1) is 15.9. The highest BCUT2D eigenvalue weighted by Gasteiger charge is 2.52. The van der Waals surface area contributed by atoms with E-state index >= 15 is 0 Å². The van der Waals surface area contributed by atoms with Gasteiger partial charge < -0.3 is 15.2 Å². The molecule has 0 saturated carbocycles. The lowest BCUT2D eigenvalue weighted by atomic mass is 9.74. The van der Waals surface area contributed by atoms with Gasteiger partial charge in [0.05, 0.1) is 16.8 Å². The zero-order valence-corrected chi connectivity index (χ0v) is 13.0. The second-order valence-corrected chi connectivity index (χ2v) is 7.08. The van der Waals surface area contributed by atoms with Gasteiger partial charge in [-0.05, 0) is 67.0 Å². The molecule has 0 radical (unpaired) electrons. The zero-order valence-electron chi connectivity index (χ0n) is 13.0. The predicted octanol–water partition coefficient (Wildman–Crippen LogP) is 2.72. The lowest BCUT2D eigenvalue weighted by molar-refractivity contribution is -0.110. The lowest BCUT2D eigenvalue weighted by Crippen LogP contribution is -2.46. The number of hydrogen-bond donors (Lipinski definition) is 2. The second-order valence-electron chi connectivity index (χ2n) is 7.08. The Morgan fingerprint density at radius 2 is 1.89 bits per heavy atom. The van der Waals surface area contributed by atoms with Crippen molar-refractivity contribution in [3.8, 4) is 0 Å². The van der Waals surface area contributed by atoms with E-state index in [1.54, 1.807) is 0 Å². The fourth-order valence-electron chi connectivity index (χ4n) is 3.35. The van der Waals surface area contributed by atoms with E-state index in [-0.39, 0.29) is 17.1 Å². The largest absolute Gasteiger partial charge is 0.390 e. The summed E-state index contributed by atoms with van der Waals surface area (Å²) in [5.74, 6) is 0.184. The normalized spacial score (nSPS) is 29.2. The van der Waals surface area contributed by atoms with Crippen LogP contribution in [0.1, 0.15) is 60.8 Å². The molecule has 3 heteroatoms. The Morgan fingerprint density at radius 3 is 2.33 bits per heavy atom. The molecule has 0 aromatic carbocycles.